The Bertz CT molecular complexity index is 869. The molecule has 4 rings (SSSR count). The number of amides is 3. The van der Waals surface area contributed by atoms with Gasteiger partial charge in [-0.05, 0) is 54.9 Å². The van der Waals surface area contributed by atoms with Gasteiger partial charge in [0.05, 0.1) is 0 Å². The number of rotatable bonds is 5. The van der Waals surface area contributed by atoms with E-state index in [9.17, 15) is 9.59 Å². The molecule has 1 saturated carbocycles. The van der Waals surface area contributed by atoms with Crippen molar-refractivity contribution in [3.63, 3.8) is 0 Å². The second-order valence-corrected chi connectivity index (χ2v) is 8.22. The van der Waals surface area contributed by atoms with E-state index in [0.29, 0.717) is 25.7 Å². The zero-order valence-corrected chi connectivity index (χ0v) is 17.0. The molecular weight excluding hydrogens is 362 g/mol. The number of piperidine rings is 1. The predicted octanol–water partition coefficient (Wildman–Crippen LogP) is 3.86. The van der Waals surface area contributed by atoms with E-state index in [1.807, 2.05) is 23.1 Å². The summed E-state index contributed by atoms with van der Waals surface area (Å²) in [6.45, 7) is 3.95. The van der Waals surface area contributed by atoms with Gasteiger partial charge in [-0.25, -0.2) is 4.79 Å². The highest BCUT2D eigenvalue weighted by Crippen LogP contribution is 2.24. The Labute approximate surface area is 172 Å². The standard InChI is InChI=1S/C24H29N3O2/c1-17-15-18(7-10-22(17)19-5-3-2-4-6-19)16-25-23(28)20-11-13-27(14-12-20)24(29)26-21-8-9-21/h2-7,10,15,20-21H,8-9,11-14,16H2,1H3,(H,25,28)(H,26,29). The summed E-state index contributed by atoms with van der Waals surface area (Å²) in [6, 6.07) is 17.1. The van der Waals surface area contributed by atoms with Crippen molar-refractivity contribution in [3.05, 3.63) is 59.7 Å². The van der Waals surface area contributed by atoms with Gasteiger partial charge in [-0.2, -0.15) is 0 Å². The monoisotopic (exact) mass is 391 g/mol. The smallest absolute Gasteiger partial charge is 0.317 e. The molecule has 1 saturated heterocycles. The Hall–Kier alpha value is -2.82. The molecule has 5 nitrogen and oxygen atoms in total. The second kappa shape index (κ2) is 8.68. The molecule has 0 radical (unpaired) electrons. The fourth-order valence-corrected chi connectivity index (χ4v) is 3.95. The average Bonchev–Trinajstić information content (AvgIpc) is 3.57. The van der Waals surface area contributed by atoms with E-state index < -0.39 is 0 Å². The predicted molar refractivity (Wildman–Crippen MR) is 114 cm³/mol. The molecule has 2 aliphatic rings. The third-order valence-corrected chi connectivity index (χ3v) is 5.90. The highest BCUT2D eigenvalue weighted by Gasteiger charge is 2.30. The summed E-state index contributed by atoms with van der Waals surface area (Å²) in [5.41, 5.74) is 4.74. The van der Waals surface area contributed by atoms with Crippen molar-refractivity contribution in [2.75, 3.05) is 13.1 Å². The molecule has 3 amide bonds. The Morgan fingerprint density at radius 1 is 1.00 bits per heavy atom. The number of benzene rings is 2. The van der Waals surface area contributed by atoms with Crippen molar-refractivity contribution < 1.29 is 9.59 Å². The van der Waals surface area contributed by atoms with Crippen LogP contribution in [0.4, 0.5) is 4.79 Å². The van der Waals surface area contributed by atoms with E-state index in [2.05, 4.69) is 47.9 Å². The maximum atomic E-state index is 12.6. The van der Waals surface area contributed by atoms with E-state index in [1.54, 1.807) is 0 Å². The summed E-state index contributed by atoms with van der Waals surface area (Å²) in [6.07, 6.45) is 3.65. The molecular formula is C24H29N3O2. The topological polar surface area (TPSA) is 61.4 Å². The molecule has 0 atom stereocenters. The van der Waals surface area contributed by atoms with Gasteiger partial charge in [0.25, 0.3) is 0 Å². The van der Waals surface area contributed by atoms with E-state index >= 15 is 0 Å². The molecule has 2 aromatic rings. The lowest BCUT2D eigenvalue weighted by atomic mass is 9.95. The second-order valence-electron chi connectivity index (χ2n) is 8.22. The minimum atomic E-state index is -0.00957. The lowest BCUT2D eigenvalue weighted by molar-refractivity contribution is -0.126. The van der Waals surface area contributed by atoms with Gasteiger partial charge in [0, 0.05) is 31.6 Å². The fourth-order valence-electron chi connectivity index (χ4n) is 3.95. The van der Waals surface area contributed by atoms with Crippen LogP contribution in [0, 0.1) is 12.8 Å². The number of hydrogen-bond acceptors (Lipinski definition) is 2. The van der Waals surface area contributed by atoms with Gasteiger partial charge in [-0.3, -0.25) is 4.79 Å². The Morgan fingerprint density at radius 2 is 1.72 bits per heavy atom. The van der Waals surface area contributed by atoms with Crippen molar-refractivity contribution in [2.45, 2.75) is 45.2 Å². The minimum absolute atomic E-state index is 0.00957. The highest BCUT2D eigenvalue weighted by atomic mass is 16.2. The number of likely N-dealkylation sites (tertiary alicyclic amines) is 1. The largest absolute Gasteiger partial charge is 0.352 e. The number of nitrogens with zero attached hydrogens (tertiary/aromatic N) is 1. The van der Waals surface area contributed by atoms with Crippen LogP contribution in [0.2, 0.25) is 0 Å². The summed E-state index contributed by atoms with van der Waals surface area (Å²) < 4.78 is 0. The van der Waals surface area contributed by atoms with Gasteiger partial charge >= 0.3 is 6.03 Å². The fraction of sp³-hybridized carbons (Fsp3) is 0.417. The highest BCUT2D eigenvalue weighted by molar-refractivity contribution is 5.80. The van der Waals surface area contributed by atoms with Crippen LogP contribution in [-0.2, 0) is 11.3 Å². The summed E-state index contributed by atoms with van der Waals surface area (Å²) in [5, 5.41) is 6.11. The number of nitrogens with one attached hydrogen (secondary N) is 2. The maximum Gasteiger partial charge on any atom is 0.317 e. The molecule has 0 aromatic heterocycles. The van der Waals surface area contributed by atoms with Crippen LogP contribution in [0.1, 0.15) is 36.8 Å². The van der Waals surface area contributed by atoms with Crippen LogP contribution in [0.5, 0.6) is 0 Å². The van der Waals surface area contributed by atoms with E-state index in [0.717, 1.165) is 31.2 Å². The van der Waals surface area contributed by atoms with Crippen LogP contribution in [0.15, 0.2) is 48.5 Å². The van der Waals surface area contributed by atoms with Crippen molar-refractivity contribution >= 4 is 11.9 Å². The lowest BCUT2D eigenvalue weighted by Gasteiger charge is -2.31. The number of carbonyl (C=O) groups is 2. The molecule has 0 bridgehead atoms. The van der Waals surface area contributed by atoms with Crippen molar-refractivity contribution in [3.8, 4) is 11.1 Å². The summed E-state index contributed by atoms with van der Waals surface area (Å²) in [5.74, 6) is 0.0849. The first kappa shape index (κ1) is 19.5. The van der Waals surface area contributed by atoms with Crippen molar-refractivity contribution in [2.24, 2.45) is 5.92 Å². The Morgan fingerprint density at radius 3 is 2.38 bits per heavy atom. The van der Waals surface area contributed by atoms with Crippen LogP contribution in [0.3, 0.4) is 0 Å². The molecule has 2 aromatic carbocycles. The van der Waals surface area contributed by atoms with Gasteiger partial charge in [0.2, 0.25) is 5.91 Å². The summed E-state index contributed by atoms with van der Waals surface area (Å²) in [4.78, 5) is 26.5. The van der Waals surface area contributed by atoms with E-state index in [4.69, 9.17) is 0 Å². The van der Waals surface area contributed by atoms with Crippen LogP contribution in [0.25, 0.3) is 11.1 Å². The first-order valence-corrected chi connectivity index (χ1v) is 10.6. The molecule has 2 fully saturated rings. The zero-order valence-electron chi connectivity index (χ0n) is 17.0. The third-order valence-electron chi connectivity index (χ3n) is 5.90. The number of carbonyl (C=O) groups excluding carboxylic acids is 2. The van der Waals surface area contributed by atoms with Crippen molar-refractivity contribution in [1.29, 1.82) is 0 Å². The first-order valence-electron chi connectivity index (χ1n) is 10.6. The minimum Gasteiger partial charge on any atom is -0.352 e. The average molecular weight is 392 g/mol. The van der Waals surface area contributed by atoms with Crippen LogP contribution in [-0.4, -0.2) is 36.0 Å². The number of hydrogen-bond donors (Lipinski definition) is 2. The van der Waals surface area contributed by atoms with Gasteiger partial charge in [0.15, 0.2) is 0 Å². The Kier molecular flexibility index (Phi) is 5.84. The quantitative estimate of drug-likeness (QED) is 0.813. The number of aryl methyl sites for hydroxylation is 1. The normalized spacial score (nSPS) is 17.1. The molecule has 2 N–H and O–H groups in total. The zero-order chi connectivity index (χ0) is 20.2. The summed E-state index contributed by atoms with van der Waals surface area (Å²) in [7, 11) is 0. The van der Waals surface area contributed by atoms with Gasteiger partial charge in [-0.15, -0.1) is 0 Å². The van der Waals surface area contributed by atoms with Gasteiger partial charge in [-0.1, -0.05) is 48.5 Å². The van der Waals surface area contributed by atoms with Crippen molar-refractivity contribution in [1.82, 2.24) is 15.5 Å². The molecule has 1 aliphatic heterocycles. The van der Waals surface area contributed by atoms with Crippen LogP contribution >= 0.6 is 0 Å². The third kappa shape index (κ3) is 4.97. The van der Waals surface area contributed by atoms with Gasteiger partial charge in [0.1, 0.15) is 0 Å². The summed E-state index contributed by atoms with van der Waals surface area (Å²) >= 11 is 0. The molecule has 29 heavy (non-hydrogen) atoms. The maximum absolute atomic E-state index is 12.6. The lowest BCUT2D eigenvalue weighted by Crippen LogP contribution is -2.47. The van der Waals surface area contributed by atoms with Crippen LogP contribution < -0.4 is 10.6 Å². The van der Waals surface area contributed by atoms with E-state index in [-0.39, 0.29) is 17.9 Å². The molecule has 5 heteroatoms. The van der Waals surface area contributed by atoms with E-state index in [1.165, 1.54) is 16.7 Å². The molecule has 0 unspecified atom stereocenters. The molecule has 152 valence electrons. The molecule has 0 spiro atoms. The molecule has 1 aliphatic carbocycles. The molecule has 1 heterocycles. The SMILES string of the molecule is Cc1cc(CNC(=O)C2CCN(C(=O)NC3CC3)CC2)ccc1-c1ccccc1. The van der Waals surface area contributed by atoms with Gasteiger partial charge < -0.3 is 15.5 Å². The Balaban J connectivity index is 1.26. The first-order chi connectivity index (χ1) is 14.1. The number of urea groups is 1.